The summed E-state index contributed by atoms with van der Waals surface area (Å²) in [7, 11) is 0. The summed E-state index contributed by atoms with van der Waals surface area (Å²) >= 11 is 5.88. The molecule has 1 aliphatic rings. The number of amides is 1. The molecule has 3 heterocycles. The normalized spacial score (nSPS) is 14.0. The van der Waals surface area contributed by atoms with Crippen LogP contribution in [0.3, 0.4) is 0 Å². The topological polar surface area (TPSA) is 120 Å². The van der Waals surface area contributed by atoms with Crippen LogP contribution in [0.5, 0.6) is 0 Å². The third kappa shape index (κ3) is 5.40. The fourth-order valence-electron chi connectivity index (χ4n) is 3.81. The van der Waals surface area contributed by atoms with Gasteiger partial charge in [0.05, 0.1) is 10.6 Å². The van der Waals surface area contributed by atoms with Crippen LogP contribution in [0.15, 0.2) is 42.9 Å². The van der Waals surface area contributed by atoms with E-state index in [0.717, 1.165) is 12.8 Å². The maximum atomic E-state index is 13.5. The Morgan fingerprint density at radius 3 is 2.62 bits per heavy atom. The van der Waals surface area contributed by atoms with Crippen LogP contribution in [0.2, 0.25) is 5.02 Å². The van der Waals surface area contributed by atoms with E-state index < -0.39 is 11.8 Å². The van der Waals surface area contributed by atoms with Crippen molar-refractivity contribution < 1.29 is 19.1 Å². The minimum Gasteiger partial charge on any atom is -0.478 e. The third-order valence-corrected chi connectivity index (χ3v) is 5.73. The second-order valence-electron chi connectivity index (χ2n) is 7.91. The SMILES string of the molecule is CC(=O)NC1CCN(c2nc(Nc3ccc(F)c(Cl)c3)ncc2-c2cncc(C(=O)O)c2)CC1. The maximum absolute atomic E-state index is 13.5. The summed E-state index contributed by atoms with van der Waals surface area (Å²) in [6.07, 6.45) is 5.89. The first-order chi connectivity index (χ1) is 16.3. The molecule has 1 amide bonds. The Balaban J connectivity index is 1.68. The number of carbonyl (C=O) groups is 2. The van der Waals surface area contributed by atoms with Crippen molar-refractivity contribution in [3.8, 4) is 11.1 Å². The van der Waals surface area contributed by atoms with Crippen molar-refractivity contribution in [1.29, 1.82) is 0 Å². The molecule has 0 unspecified atom stereocenters. The molecule has 4 rings (SSSR count). The van der Waals surface area contributed by atoms with E-state index in [1.807, 2.05) is 0 Å². The summed E-state index contributed by atoms with van der Waals surface area (Å²) in [5.74, 6) is -0.817. The highest BCUT2D eigenvalue weighted by atomic mass is 35.5. The molecular weight excluding hydrogens is 463 g/mol. The molecule has 1 aromatic carbocycles. The molecule has 0 saturated carbocycles. The highest BCUT2D eigenvalue weighted by Crippen LogP contribution is 2.32. The van der Waals surface area contributed by atoms with Crippen LogP contribution in [0, 0.1) is 5.82 Å². The quantitative estimate of drug-likeness (QED) is 0.482. The van der Waals surface area contributed by atoms with Gasteiger partial charge in [-0.05, 0) is 37.1 Å². The van der Waals surface area contributed by atoms with Crippen LogP contribution >= 0.6 is 11.6 Å². The first-order valence-electron chi connectivity index (χ1n) is 10.6. The third-order valence-electron chi connectivity index (χ3n) is 5.44. The molecule has 0 atom stereocenters. The molecule has 3 N–H and O–H groups in total. The van der Waals surface area contributed by atoms with E-state index in [1.54, 1.807) is 12.4 Å². The number of nitrogens with zero attached hydrogens (tertiary/aromatic N) is 4. The number of carboxylic acid groups (broad SMARTS) is 1. The lowest BCUT2D eigenvalue weighted by Crippen LogP contribution is -2.44. The van der Waals surface area contributed by atoms with Gasteiger partial charge in [0.15, 0.2) is 0 Å². The molecule has 1 fully saturated rings. The molecule has 0 radical (unpaired) electrons. The molecule has 34 heavy (non-hydrogen) atoms. The molecule has 0 aliphatic carbocycles. The lowest BCUT2D eigenvalue weighted by Gasteiger charge is -2.34. The van der Waals surface area contributed by atoms with Gasteiger partial charge in [0.1, 0.15) is 11.6 Å². The Labute approximate surface area is 200 Å². The number of carboxylic acids is 1. The minimum absolute atomic E-state index is 0.0292. The van der Waals surface area contributed by atoms with Crippen molar-refractivity contribution in [2.45, 2.75) is 25.8 Å². The van der Waals surface area contributed by atoms with E-state index >= 15 is 0 Å². The van der Waals surface area contributed by atoms with E-state index in [-0.39, 0.29) is 28.5 Å². The largest absolute Gasteiger partial charge is 0.478 e. The van der Waals surface area contributed by atoms with Crippen LogP contribution in [0.1, 0.15) is 30.1 Å². The summed E-state index contributed by atoms with van der Waals surface area (Å²) in [6.45, 7) is 2.75. The Morgan fingerprint density at radius 1 is 1.18 bits per heavy atom. The molecule has 176 valence electrons. The van der Waals surface area contributed by atoms with Crippen LogP contribution < -0.4 is 15.5 Å². The minimum atomic E-state index is -1.08. The summed E-state index contributed by atoms with van der Waals surface area (Å²) in [4.78, 5) is 38.0. The number of carbonyl (C=O) groups excluding carboxylic acids is 1. The molecular formula is C23H22ClFN6O3. The summed E-state index contributed by atoms with van der Waals surface area (Å²) < 4.78 is 13.5. The van der Waals surface area contributed by atoms with Gasteiger partial charge < -0.3 is 20.6 Å². The zero-order chi connectivity index (χ0) is 24.2. The van der Waals surface area contributed by atoms with Crippen molar-refractivity contribution in [1.82, 2.24) is 20.3 Å². The predicted molar refractivity (Wildman–Crippen MR) is 126 cm³/mol. The van der Waals surface area contributed by atoms with Gasteiger partial charge in [-0.25, -0.2) is 14.2 Å². The van der Waals surface area contributed by atoms with Crippen molar-refractivity contribution in [3.05, 3.63) is 59.3 Å². The van der Waals surface area contributed by atoms with Crippen LogP contribution in [0.4, 0.5) is 21.8 Å². The monoisotopic (exact) mass is 484 g/mol. The zero-order valence-corrected chi connectivity index (χ0v) is 19.0. The number of anilines is 3. The molecule has 9 nitrogen and oxygen atoms in total. The van der Waals surface area contributed by atoms with Crippen LogP contribution in [-0.2, 0) is 4.79 Å². The lowest BCUT2D eigenvalue weighted by molar-refractivity contribution is -0.119. The number of hydrogen-bond donors (Lipinski definition) is 3. The summed E-state index contributed by atoms with van der Waals surface area (Å²) in [5.41, 5.74) is 1.76. The number of pyridine rings is 1. The van der Waals surface area contributed by atoms with Gasteiger partial charge in [0, 0.05) is 61.5 Å². The highest BCUT2D eigenvalue weighted by molar-refractivity contribution is 6.31. The van der Waals surface area contributed by atoms with Crippen LogP contribution in [0.25, 0.3) is 11.1 Å². The fraction of sp³-hybridized carbons (Fsp3) is 0.261. The van der Waals surface area contributed by atoms with Crippen molar-refractivity contribution in [3.63, 3.8) is 0 Å². The van der Waals surface area contributed by atoms with Gasteiger partial charge in [-0.2, -0.15) is 4.98 Å². The van der Waals surface area contributed by atoms with Gasteiger partial charge in [0.2, 0.25) is 11.9 Å². The Hall–Kier alpha value is -3.79. The lowest BCUT2D eigenvalue weighted by atomic mass is 10.0. The van der Waals surface area contributed by atoms with Gasteiger partial charge in [-0.1, -0.05) is 11.6 Å². The molecule has 1 aliphatic heterocycles. The smallest absolute Gasteiger partial charge is 0.337 e. The average molecular weight is 485 g/mol. The highest BCUT2D eigenvalue weighted by Gasteiger charge is 2.24. The Bertz CT molecular complexity index is 1230. The molecule has 0 spiro atoms. The first-order valence-corrected chi connectivity index (χ1v) is 11.0. The second-order valence-corrected chi connectivity index (χ2v) is 8.32. The van der Waals surface area contributed by atoms with Gasteiger partial charge in [-0.3, -0.25) is 9.78 Å². The van der Waals surface area contributed by atoms with Crippen molar-refractivity contribution >= 4 is 40.9 Å². The zero-order valence-electron chi connectivity index (χ0n) is 18.3. The molecule has 0 bridgehead atoms. The number of aromatic nitrogens is 3. The van der Waals surface area contributed by atoms with Crippen LogP contribution in [-0.4, -0.2) is 51.1 Å². The van der Waals surface area contributed by atoms with Crippen molar-refractivity contribution in [2.24, 2.45) is 0 Å². The Kier molecular flexibility index (Phi) is 6.87. The van der Waals surface area contributed by atoms with Gasteiger partial charge in [-0.15, -0.1) is 0 Å². The van der Waals surface area contributed by atoms with E-state index in [4.69, 9.17) is 11.6 Å². The van der Waals surface area contributed by atoms with Gasteiger partial charge in [0.25, 0.3) is 0 Å². The van der Waals surface area contributed by atoms with Gasteiger partial charge >= 0.3 is 5.97 Å². The number of nitrogens with one attached hydrogen (secondary N) is 2. The number of piperidine rings is 1. The van der Waals surface area contributed by atoms with Crippen molar-refractivity contribution in [2.75, 3.05) is 23.3 Å². The Morgan fingerprint density at radius 2 is 1.94 bits per heavy atom. The van der Waals surface area contributed by atoms with E-state index in [1.165, 1.54) is 37.4 Å². The predicted octanol–water partition coefficient (Wildman–Crippen LogP) is 3.88. The summed E-state index contributed by atoms with van der Waals surface area (Å²) in [6, 6.07) is 5.81. The number of halogens is 2. The molecule has 11 heteroatoms. The average Bonchev–Trinajstić information content (AvgIpc) is 2.82. The standard InChI is InChI=1S/C23H22ClFN6O3/c1-13(32)28-16-4-6-31(7-5-16)21-18(14-8-15(22(33)34)11-26-10-14)12-27-23(30-21)29-17-2-3-20(25)19(24)9-17/h2-3,8-12,16H,4-7H2,1H3,(H,28,32)(H,33,34)(H,27,29,30). The molecule has 2 aromatic heterocycles. The maximum Gasteiger partial charge on any atom is 0.337 e. The number of benzene rings is 1. The molecule has 3 aromatic rings. The van der Waals surface area contributed by atoms with E-state index in [0.29, 0.717) is 35.7 Å². The van der Waals surface area contributed by atoms with E-state index in [9.17, 15) is 19.1 Å². The number of rotatable bonds is 6. The summed E-state index contributed by atoms with van der Waals surface area (Å²) in [5, 5.41) is 15.3. The molecule has 1 saturated heterocycles. The fourth-order valence-corrected chi connectivity index (χ4v) is 3.99. The second kappa shape index (κ2) is 10.0. The first kappa shape index (κ1) is 23.4. The number of hydrogen-bond acceptors (Lipinski definition) is 7. The number of aromatic carboxylic acids is 1. The van der Waals surface area contributed by atoms with E-state index in [2.05, 4.69) is 30.5 Å².